The molecule has 3 nitrogen and oxygen atoms in total. The molecule has 0 heterocycles. The largest absolute Gasteiger partial charge is 0.468 e. The highest BCUT2D eigenvalue weighted by molar-refractivity contribution is 9.10. The maximum Gasteiger partial charge on any atom is 0.315 e. The number of carbonyl (C=O) groups is 1. The minimum Gasteiger partial charge on any atom is -0.468 e. The van der Waals surface area contributed by atoms with Gasteiger partial charge in [0.15, 0.2) is 0 Å². The predicted molar refractivity (Wildman–Crippen MR) is 61.6 cm³/mol. The third-order valence-corrected chi connectivity index (χ3v) is 3.18. The van der Waals surface area contributed by atoms with E-state index in [9.17, 15) is 4.79 Å². The third-order valence-electron chi connectivity index (χ3n) is 1.64. The van der Waals surface area contributed by atoms with Crippen LogP contribution in [0.25, 0.3) is 0 Å². The van der Waals surface area contributed by atoms with Crippen LogP contribution in [0.15, 0.2) is 27.6 Å². The molecule has 0 aromatic heterocycles. The van der Waals surface area contributed by atoms with Crippen molar-refractivity contribution >= 4 is 33.7 Å². The van der Waals surface area contributed by atoms with Crippen molar-refractivity contribution in [3.05, 3.63) is 28.2 Å². The molecule has 0 aliphatic heterocycles. The molecule has 0 spiro atoms. The molecule has 78 valence electrons. The SMILES string of the molecule is COC(=O)CSc1ccc(Br)cc1C#N. The van der Waals surface area contributed by atoms with Gasteiger partial charge < -0.3 is 4.74 Å². The van der Waals surface area contributed by atoms with E-state index >= 15 is 0 Å². The lowest BCUT2D eigenvalue weighted by atomic mass is 10.2. The van der Waals surface area contributed by atoms with Crippen molar-refractivity contribution < 1.29 is 9.53 Å². The van der Waals surface area contributed by atoms with Gasteiger partial charge in [-0.25, -0.2) is 0 Å². The summed E-state index contributed by atoms with van der Waals surface area (Å²) in [6.45, 7) is 0. The Balaban J connectivity index is 2.77. The molecule has 1 rings (SSSR count). The summed E-state index contributed by atoms with van der Waals surface area (Å²) in [7, 11) is 1.34. The van der Waals surface area contributed by atoms with Crippen LogP contribution in [0.4, 0.5) is 0 Å². The second kappa shape index (κ2) is 5.79. The maximum atomic E-state index is 10.9. The molecule has 5 heteroatoms. The van der Waals surface area contributed by atoms with Gasteiger partial charge in [0.1, 0.15) is 6.07 Å². The molecule has 0 aliphatic rings. The van der Waals surface area contributed by atoms with Crippen molar-refractivity contribution in [2.24, 2.45) is 0 Å². The molecule has 0 fully saturated rings. The molecule has 15 heavy (non-hydrogen) atoms. The van der Waals surface area contributed by atoms with E-state index in [4.69, 9.17) is 5.26 Å². The van der Waals surface area contributed by atoms with Crippen molar-refractivity contribution in [3.8, 4) is 6.07 Å². The van der Waals surface area contributed by atoms with Gasteiger partial charge in [-0.1, -0.05) is 15.9 Å². The van der Waals surface area contributed by atoms with E-state index in [2.05, 4.69) is 26.7 Å². The quantitative estimate of drug-likeness (QED) is 0.633. The second-order valence-electron chi connectivity index (χ2n) is 2.62. The first-order valence-electron chi connectivity index (χ1n) is 4.06. The van der Waals surface area contributed by atoms with Crippen LogP contribution in [-0.4, -0.2) is 18.8 Å². The number of nitrogens with zero attached hydrogens (tertiary/aromatic N) is 1. The van der Waals surface area contributed by atoms with Crippen molar-refractivity contribution in [1.29, 1.82) is 5.26 Å². The van der Waals surface area contributed by atoms with Crippen LogP contribution < -0.4 is 0 Å². The third kappa shape index (κ3) is 3.57. The number of esters is 1. The molecule has 1 aromatic rings. The predicted octanol–water partition coefficient (Wildman–Crippen LogP) is 2.59. The van der Waals surface area contributed by atoms with E-state index in [1.165, 1.54) is 18.9 Å². The van der Waals surface area contributed by atoms with Gasteiger partial charge in [0.2, 0.25) is 0 Å². The molecule has 0 saturated carbocycles. The number of rotatable bonds is 3. The Labute approximate surface area is 101 Å². The van der Waals surface area contributed by atoms with E-state index in [1.54, 1.807) is 12.1 Å². The Morgan fingerprint density at radius 3 is 3.00 bits per heavy atom. The average molecular weight is 286 g/mol. The summed E-state index contributed by atoms with van der Waals surface area (Å²) in [5.74, 6) is -0.0842. The molecular weight excluding hydrogens is 278 g/mol. The minimum absolute atomic E-state index is 0.215. The van der Waals surface area contributed by atoms with E-state index in [1.807, 2.05) is 6.07 Å². The fourth-order valence-corrected chi connectivity index (χ4v) is 2.09. The van der Waals surface area contributed by atoms with Gasteiger partial charge in [-0.15, -0.1) is 11.8 Å². The normalized spacial score (nSPS) is 9.40. The summed E-state index contributed by atoms with van der Waals surface area (Å²) in [4.78, 5) is 11.7. The summed E-state index contributed by atoms with van der Waals surface area (Å²) >= 11 is 4.57. The second-order valence-corrected chi connectivity index (χ2v) is 4.55. The topological polar surface area (TPSA) is 50.1 Å². The lowest BCUT2D eigenvalue weighted by molar-refractivity contribution is -0.137. The van der Waals surface area contributed by atoms with E-state index < -0.39 is 0 Å². The lowest BCUT2D eigenvalue weighted by Crippen LogP contribution is -2.03. The summed E-state index contributed by atoms with van der Waals surface area (Å²) in [6.07, 6.45) is 0. The molecule has 1 aromatic carbocycles. The molecule has 0 amide bonds. The molecule has 0 radical (unpaired) electrons. The standard InChI is InChI=1S/C10H8BrNO2S/c1-14-10(13)6-15-9-3-2-8(11)4-7(9)5-12/h2-4H,6H2,1H3. The molecule has 0 N–H and O–H groups in total. The zero-order valence-corrected chi connectivity index (χ0v) is 10.4. The van der Waals surface area contributed by atoms with Gasteiger partial charge in [0.25, 0.3) is 0 Å². The molecule has 0 bridgehead atoms. The summed E-state index contributed by atoms with van der Waals surface area (Å²) in [6, 6.07) is 7.43. The zero-order chi connectivity index (χ0) is 11.3. The Hall–Kier alpha value is -0.990. The van der Waals surface area contributed by atoms with Crippen LogP contribution in [0.2, 0.25) is 0 Å². The van der Waals surface area contributed by atoms with Crippen LogP contribution in [-0.2, 0) is 9.53 Å². The Morgan fingerprint density at radius 2 is 2.40 bits per heavy atom. The number of hydrogen-bond donors (Lipinski definition) is 0. The van der Waals surface area contributed by atoms with E-state index in [0.717, 1.165) is 9.37 Å². The van der Waals surface area contributed by atoms with E-state index in [0.29, 0.717) is 5.56 Å². The van der Waals surface area contributed by atoms with Gasteiger partial charge >= 0.3 is 5.97 Å². The monoisotopic (exact) mass is 285 g/mol. The van der Waals surface area contributed by atoms with Crippen LogP contribution >= 0.6 is 27.7 Å². The zero-order valence-electron chi connectivity index (χ0n) is 7.99. The number of methoxy groups -OCH3 is 1. The molecule has 0 aliphatic carbocycles. The van der Waals surface area contributed by atoms with Gasteiger partial charge in [0.05, 0.1) is 18.4 Å². The van der Waals surface area contributed by atoms with E-state index in [-0.39, 0.29) is 11.7 Å². The number of benzene rings is 1. The first-order chi connectivity index (χ1) is 7.17. The minimum atomic E-state index is -0.299. The van der Waals surface area contributed by atoms with Gasteiger partial charge in [0, 0.05) is 9.37 Å². The molecular formula is C10H8BrNO2S. The summed E-state index contributed by atoms with van der Waals surface area (Å²) in [5.41, 5.74) is 0.554. The molecule has 0 atom stereocenters. The van der Waals surface area contributed by atoms with Gasteiger partial charge in [-0.2, -0.15) is 5.26 Å². The highest BCUT2D eigenvalue weighted by Crippen LogP contribution is 2.25. The first-order valence-corrected chi connectivity index (χ1v) is 5.84. The van der Waals surface area contributed by atoms with Crippen molar-refractivity contribution in [2.75, 3.05) is 12.9 Å². The highest BCUT2D eigenvalue weighted by atomic mass is 79.9. The Morgan fingerprint density at radius 1 is 1.67 bits per heavy atom. The summed E-state index contributed by atoms with van der Waals surface area (Å²) < 4.78 is 5.37. The Kier molecular flexibility index (Phi) is 4.66. The fraction of sp³-hybridized carbons (Fsp3) is 0.200. The number of ether oxygens (including phenoxy) is 1. The fourth-order valence-electron chi connectivity index (χ4n) is 0.911. The van der Waals surface area contributed by atoms with Crippen molar-refractivity contribution in [1.82, 2.24) is 0 Å². The number of hydrogen-bond acceptors (Lipinski definition) is 4. The molecule has 0 unspecified atom stereocenters. The van der Waals surface area contributed by atoms with Crippen molar-refractivity contribution in [3.63, 3.8) is 0 Å². The summed E-state index contributed by atoms with van der Waals surface area (Å²) in [5, 5.41) is 8.86. The van der Waals surface area contributed by atoms with Crippen LogP contribution in [0, 0.1) is 11.3 Å². The number of halogens is 1. The van der Waals surface area contributed by atoms with Gasteiger partial charge in [-0.05, 0) is 18.2 Å². The van der Waals surface area contributed by atoms with Gasteiger partial charge in [-0.3, -0.25) is 4.79 Å². The van der Waals surface area contributed by atoms with Crippen LogP contribution in [0.1, 0.15) is 5.56 Å². The maximum absolute atomic E-state index is 10.9. The Bertz CT molecular complexity index is 414. The highest BCUT2D eigenvalue weighted by Gasteiger charge is 2.06. The van der Waals surface area contributed by atoms with Crippen molar-refractivity contribution in [2.45, 2.75) is 4.90 Å². The molecule has 0 saturated heterocycles. The first kappa shape index (κ1) is 12.1. The number of carbonyl (C=O) groups excluding carboxylic acids is 1. The lowest BCUT2D eigenvalue weighted by Gasteiger charge is -2.03. The number of nitriles is 1. The van der Waals surface area contributed by atoms with Crippen LogP contribution in [0.3, 0.4) is 0 Å². The number of thioether (sulfide) groups is 1. The average Bonchev–Trinajstić information content (AvgIpc) is 2.26. The van der Waals surface area contributed by atoms with Crippen LogP contribution in [0.5, 0.6) is 0 Å². The smallest absolute Gasteiger partial charge is 0.315 e.